The van der Waals surface area contributed by atoms with Gasteiger partial charge in [-0.2, -0.15) is 0 Å². The zero-order valence-corrected chi connectivity index (χ0v) is 7.49. The van der Waals surface area contributed by atoms with Crippen LogP contribution in [0.2, 0.25) is 0 Å². The summed E-state index contributed by atoms with van der Waals surface area (Å²) in [6.45, 7) is 1.39. The van der Waals surface area contributed by atoms with Crippen molar-refractivity contribution in [2.24, 2.45) is 0 Å². The molecular weight excluding hydrogens is 187 g/mol. The van der Waals surface area contributed by atoms with Crippen molar-refractivity contribution < 1.29 is 19.4 Å². The Bertz CT molecular complexity index is 396. The van der Waals surface area contributed by atoms with E-state index in [2.05, 4.69) is 0 Å². The molecule has 1 aromatic carbocycles. The summed E-state index contributed by atoms with van der Waals surface area (Å²) >= 11 is 0. The van der Waals surface area contributed by atoms with Crippen molar-refractivity contribution >= 4 is 12.0 Å². The van der Waals surface area contributed by atoms with E-state index in [0.29, 0.717) is 0 Å². The Labute approximate surface area is 80.1 Å². The highest BCUT2D eigenvalue weighted by molar-refractivity contribution is 5.91. The first-order valence-corrected chi connectivity index (χ1v) is 3.91. The van der Waals surface area contributed by atoms with Gasteiger partial charge in [-0.25, -0.2) is 9.18 Å². The summed E-state index contributed by atoms with van der Waals surface area (Å²) in [5.41, 5.74) is 0.359. The minimum Gasteiger partial charge on any atom is -0.507 e. The highest BCUT2D eigenvalue weighted by Crippen LogP contribution is 2.20. The van der Waals surface area contributed by atoms with Crippen molar-refractivity contribution in [1.82, 2.24) is 0 Å². The number of carbonyl (C=O) groups is 1. The third-order valence-corrected chi connectivity index (χ3v) is 1.70. The Hall–Kier alpha value is -1.84. The van der Waals surface area contributed by atoms with Gasteiger partial charge in [-0.15, -0.1) is 0 Å². The number of halogens is 1. The molecule has 0 amide bonds. The second-order valence-corrected chi connectivity index (χ2v) is 2.84. The van der Waals surface area contributed by atoms with Crippen LogP contribution in [0.5, 0.6) is 5.75 Å². The van der Waals surface area contributed by atoms with Crippen LogP contribution in [0, 0.1) is 5.82 Å². The van der Waals surface area contributed by atoms with Gasteiger partial charge in [0, 0.05) is 17.2 Å². The van der Waals surface area contributed by atoms with Crippen LogP contribution in [0.3, 0.4) is 0 Å². The van der Waals surface area contributed by atoms with Gasteiger partial charge in [-0.1, -0.05) is 0 Å². The molecule has 0 aromatic heterocycles. The average molecular weight is 196 g/mol. The Kier molecular flexibility index (Phi) is 2.86. The number of aromatic hydroxyl groups is 1. The summed E-state index contributed by atoms with van der Waals surface area (Å²) in [6.07, 6.45) is 1.27. The fraction of sp³-hybridized carbons (Fsp3) is 0.100. The number of benzene rings is 1. The van der Waals surface area contributed by atoms with Gasteiger partial charge in [0.05, 0.1) is 0 Å². The second-order valence-electron chi connectivity index (χ2n) is 2.84. The smallest absolute Gasteiger partial charge is 0.331 e. The van der Waals surface area contributed by atoms with Gasteiger partial charge in [0.1, 0.15) is 11.6 Å². The molecule has 2 N–H and O–H groups in total. The van der Waals surface area contributed by atoms with Crippen LogP contribution in [-0.2, 0) is 4.79 Å². The van der Waals surface area contributed by atoms with E-state index >= 15 is 0 Å². The van der Waals surface area contributed by atoms with Crippen molar-refractivity contribution in [3.8, 4) is 5.75 Å². The van der Waals surface area contributed by atoms with Gasteiger partial charge < -0.3 is 10.2 Å². The molecule has 14 heavy (non-hydrogen) atoms. The Morgan fingerprint density at radius 1 is 1.50 bits per heavy atom. The number of phenols is 1. The molecule has 1 aromatic rings. The molecule has 0 aliphatic carbocycles. The number of phenolic OH excluding ortho intramolecular Hbond substituents is 1. The lowest BCUT2D eigenvalue weighted by atomic mass is 10.1. The predicted molar refractivity (Wildman–Crippen MR) is 49.4 cm³/mol. The second kappa shape index (κ2) is 3.91. The summed E-state index contributed by atoms with van der Waals surface area (Å²) in [5, 5.41) is 17.8. The average Bonchev–Trinajstić information content (AvgIpc) is 2.09. The standard InChI is InChI=1S/C10H9FO3/c1-6(10(13)14)4-7-2-3-8(11)5-9(7)12/h2-5,12H,1H3,(H,13,14). The highest BCUT2D eigenvalue weighted by atomic mass is 19.1. The van der Waals surface area contributed by atoms with Gasteiger partial charge in [0.15, 0.2) is 0 Å². The topological polar surface area (TPSA) is 57.5 Å². The van der Waals surface area contributed by atoms with Gasteiger partial charge in [0.2, 0.25) is 0 Å². The molecule has 74 valence electrons. The number of hydrogen-bond donors (Lipinski definition) is 2. The predicted octanol–water partition coefficient (Wildman–Crippen LogP) is 2.02. The maximum atomic E-state index is 12.5. The van der Waals surface area contributed by atoms with Crippen LogP contribution in [0.1, 0.15) is 12.5 Å². The lowest BCUT2D eigenvalue weighted by Gasteiger charge is -1.99. The molecule has 4 heteroatoms. The quantitative estimate of drug-likeness (QED) is 0.711. The number of hydrogen-bond acceptors (Lipinski definition) is 2. The summed E-state index contributed by atoms with van der Waals surface area (Å²) in [4.78, 5) is 10.5. The normalized spacial score (nSPS) is 11.4. The maximum Gasteiger partial charge on any atom is 0.331 e. The Morgan fingerprint density at radius 2 is 2.14 bits per heavy atom. The highest BCUT2D eigenvalue weighted by Gasteiger charge is 2.03. The van der Waals surface area contributed by atoms with Crippen LogP contribution in [0.15, 0.2) is 23.8 Å². The zero-order valence-electron chi connectivity index (χ0n) is 7.49. The molecule has 0 radical (unpaired) electrons. The molecule has 0 aliphatic rings. The molecule has 0 unspecified atom stereocenters. The molecular formula is C10H9FO3. The zero-order chi connectivity index (χ0) is 10.7. The van der Waals surface area contributed by atoms with Crippen LogP contribution >= 0.6 is 0 Å². The minimum atomic E-state index is -1.08. The van der Waals surface area contributed by atoms with Crippen molar-refractivity contribution in [1.29, 1.82) is 0 Å². The first-order chi connectivity index (χ1) is 6.50. The van der Waals surface area contributed by atoms with Gasteiger partial charge in [-0.3, -0.25) is 0 Å². The van der Waals surface area contributed by atoms with E-state index in [4.69, 9.17) is 5.11 Å². The molecule has 3 nitrogen and oxygen atoms in total. The van der Waals surface area contributed by atoms with Gasteiger partial charge in [0.25, 0.3) is 0 Å². The van der Waals surface area contributed by atoms with Gasteiger partial charge >= 0.3 is 5.97 Å². The lowest BCUT2D eigenvalue weighted by molar-refractivity contribution is -0.132. The third-order valence-electron chi connectivity index (χ3n) is 1.70. The molecule has 1 rings (SSSR count). The van der Waals surface area contributed by atoms with Crippen molar-refractivity contribution in [3.05, 3.63) is 35.2 Å². The first kappa shape index (κ1) is 10.2. The van der Waals surface area contributed by atoms with E-state index in [1.807, 2.05) is 0 Å². The molecule has 0 aliphatic heterocycles. The maximum absolute atomic E-state index is 12.5. The number of carboxylic acids is 1. The van der Waals surface area contributed by atoms with Crippen LogP contribution in [0.25, 0.3) is 6.08 Å². The molecule has 0 saturated carbocycles. The minimum absolute atomic E-state index is 0.0758. The number of carboxylic acid groups (broad SMARTS) is 1. The van der Waals surface area contributed by atoms with Crippen molar-refractivity contribution in [2.45, 2.75) is 6.92 Å². The molecule has 0 bridgehead atoms. The van der Waals surface area contributed by atoms with Crippen LogP contribution < -0.4 is 0 Å². The molecule has 0 heterocycles. The van der Waals surface area contributed by atoms with Gasteiger partial charge in [-0.05, 0) is 25.1 Å². The van der Waals surface area contributed by atoms with E-state index in [0.717, 1.165) is 12.1 Å². The lowest BCUT2D eigenvalue weighted by Crippen LogP contribution is -1.95. The van der Waals surface area contributed by atoms with E-state index in [1.54, 1.807) is 0 Å². The number of rotatable bonds is 2. The summed E-state index contributed by atoms with van der Waals surface area (Å²) in [6, 6.07) is 3.40. The molecule has 0 spiro atoms. The van der Waals surface area contributed by atoms with E-state index in [-0.39, 0.29) is 16.9 Å². The number of aliphatic carboxylic acids is 1. The third kappa shape index (κ3) is 2.32. The molecule has 0 saturated heterocycles. The van der Waals surface area contributed by atoms with Crippen LogP contribution in [-0.4, -0.2) is 16.2 Å². The summed E-state index contributed by atoms with van der Waals surface area (Å²) in [7, 11) is 0. The van der Waals surface area contributed by atoms with E-state index in [1.165, 1.54) is 19.1 Å². The van der Waals surface area contributed by atoms with Crippen molar-refractivity contribution in [2.75, 3.05) is 0 Å². The van der Waals surface area contributed by atoms with Crippen LogP contribution in [0.4, 0.5) is 4.39 Å². The fourth-order valence-corrected chi connectivity index (χ4v) is 0.934. The van der Waals surface area contributed by atoms with Crippen molar-refractivity contribution in [3.63, 3.8) is 0 Å². The largest absolute Gasteiger partial charge is 0.507 e. The Balaban J connectivity index is 3.09. The summed E-state index contributed by atoms with van der Waals surface area (Å²) < 4.78 is 12.5. The van der Waals surface area contributed by atoms with E-state index < -0.39 is 11.8 Å². The SMILES string of the molecule is CC(=Cc1ccc(F)cc1O)C(=O)O. The fourth-order valence-electron chi connectivity index (χ4n) is 0.934. The first-order valence-electron chi connectivity index (χ1n) is 3.91. The van der Waals surface area contributed by atoms with E-state index in [9.17, 15) is 14.3 Å². The monoisotopic (exact) mass is 196 g/mol. The Morgan fingerprint density at radius 3 is 2.64 bits per heavy atom. The molecule has 0 atom stereocenters. The molecule has 0 fully saturated rings. The summed E-state index contributed by atoms with van der Waals surface area (Å²) in [5.74, 6) is -1.91.